The lowest BCUT2D eigenvalue weighted by Crippen LogP contribution is -2.42. The standard InChI is InChI=1S/C27H31N3O3/c1-19-18-30(27(31)28-26-20(2)21(3)33-29-26)14-12-24(19)16-23-10-7-11-25(17-23)32-15-13-22-8-5-4-6-9-22/h4-11,16-17,19H,12-15,18H2,1-3H3,(H,28,29,31). The van der Waals surface area contributed by atoms with E-state index in [1.165, 1.54) is 11.1 Å². The number of hydrogen-bond acceptors (Lipinski definition) is 4. The largest absolute Gasteiger partial charge is 0.493 e. The minimum absolute atomic E-state index is 0.133. The lowest BCUT2D eigenvalue weighted by molar-refractivity contribution is 0.197. The average molecular weight is 446 g/mol. The first-order valence-electron chi connectivity index (χ1n) is 11.5. The van der Waals surface area contributed by atoms with E-state index in [0.29, 0.717) is 31.3 Å². The van der Waals surface area contributed by atoms with Crippen LogP contribution >= 0.6 is 0 Å². The highest BCUT2D eigenvalue weighted by Crippen LogP contribution is 2.27. The fourth-order valence-corrected chi connectivity index (χ4v) is 4.00. The van der Waals surface area contributed by atoms with Crippen LogP contribution in [-0.2, 0) is 6.42 Å². The van der Waals surface area contributed by atoms with Crippen LogP contribution in [0.3, 0.4) is 0 Å². The van der Waals surface area contributed by atoms with Crippen molar-refractivity contribution in [1.29, 1.82) is 0 Å². The normalized spacial score (nSPS) is 17.2. The minimum Gasteiger partial charge on any atom is -0.493 e. The zero-order chi connectivity index (χ0) is 23.2. The summed E-state index contributed by atoms with van der Waals surface area (Å²) in [5, 5.41) is 6.80. The van der Waals surface area contributed by atoms with Crippen molar-refractivity contribution < 1.29 is 14.1 Å². The van der Waals surface area contributed by atoms with Gasteiger partial charge in [-0.1, -0.05) is 66.2 Å². The topological polar surface area (TPSA) is 67.6 Å². The second kappa shape index (κ2) is 10.4. The molecule has 0 saturated carbocycles. The maximum atomic E-state index is 12.7. The van der Waals surface area contributed by atoms with Gasteiger partial charge in [0.15, 0.2) is 5.82 Å². The number of carbonyl (C=O) groups excluding carboxylic acids is 1. The summed E-state index contributed by atoms with van der Waals surface area (Å²) in [6, 6.07) is 18.4. The number of anilines is 1. The Labute approximate surface area is 195 Å². The molecule has 1 fully saturated rings. The lowest BCUT2D eigenvalue weighted by atomic mass is 9.91. The van der Waals surface area contributed by atoms with Crippen molar-refractivity contribution in [1.82, 2.24) is 10.1 Å². The van der Waals surface area contributed by atoms with E-state index in [-0.39, 0.29) is 11.9 Å². The Morgan fingerprint density at radius 3 is 2.76 bits per heavy atom. The molecular formula is C27H31N3O3. The molecule has 0 aliphatic carbocycles. The van der Waals surface area contributed by atoms with Gasteiger partial charge in [-0.15, -0.1) is 0 Å². The van der Waals surface area contributed by atoms with E-state index in [9.17, 15) is 4.79 Å². The molecule has 0 spiro atoms. The number of nitrogens with zero attached hydrogens (tertiary/aromatic N) is 2. The number of benzene rings is 2. The number of urea groups is 1. The molecule has 1 saturated heterocycles. The van der Waals surface area contributed by atoms with Gasteiger partial charge in [0.1, 0.15) is 11.5 Å². The third-order valence-corrected chi connectivity index (χ3v) is 6.18. The van der Waals surface area contributed by atoms with Crippen molar-refractivity contribution in [3.63, 3.8) is 0 Å². The molecular weight excluding hydrogens is 414 g/mol. The molecule has 6 heteroatoms. The Morgan fingerprint density at radius 1 is 1.21 bits per heavy atom. The van der Waals surface area contributed by atoms with E-state index in [1.54, 1.807) is 0 Å². The zero-order valence-corrected chi connectivity index (χ0v) is 19.5. The summed E-state index contributed by atoms with van der Waals surface area (Å²) in [6.45, 7) is 7.87. The first kappa shape index (κ1) is 22.6. The predicted octanol–water partition coefficient (Wildman–Crippen LogP) is 5.87. The Bertz CT molecular complexity index is 1120. The lowest BCUT2D eigenvalue weighted by Gasteiger charge is -2.33. The van der Waals surface area contributed by atoms with Crippen molar-refractivity contribution in [2.75, 3.05) is 25.0 Å². The van der Waals surface area contributed by atoms with Gasteiger partial charge >= 0.3 is 6.03 Å². The van der Waals surface area contributed by atoms with Gasteiger partial charge in [0.2, 0.25) is 0 Å². The summed E-state index contributed by atoms with van der Waals surface area (Å²) in [6.07, 6.45) is 3.95. The highest BCUT2D eigenvalue weighted by Gasteiger charge is 2.25. The number of carbonyl (C=O) groups is 1. The zero-order valence-electron chi connectivity index (χ0n) is 19.5. The minimum atomic E-state index is -0.133. The molecule has 1 aliphatic rings. The number of amides is 2. The van der Waals surface area contributed by atoms with E-state index in [0.717, 1.165) is 29.7 Å². The van der Waals surface area contributed by atoms with E-state index in [1.807, 2.05) is 36.9 Å². The van der Waals surface area contributed by atoms with Crippen LogP contribution in [0.1, 0.15) is 35.8 Å². The second-order valence-corrected chi connectivity index (χ2v) is 8.62. The molecule has 1 atom stereocenters. The molecule has 33 heavy (non-hydrogen) atoms. The molecule has 1 aromatic heterocycles. The van der Waals surface area contributed by atoms with Gasteiger partial charge in [0, 0.05) is 25.1 Å². The molecule has 1 N–H and O–H groups in total. The third kappa shape index (κ3) is 5.83. The summed E-state index contributed by atoms with van der Waals surface area (Å²) in [5.41, 5.74) is 4.60. The van der Waals surface area contributed by atoms with Crippen molar-refractivity contribution in [3.8, 4) is 5.75 Å². The fraction of sp³-hybridized carbons (Fsp3) is 0.333. The molecule has 4 rings (SSSR count). The Morgan fingerprint density at radius 2 is 2.03 bits per heavy atom. The van der Waals surface area contributed by atoms with E-state index in [4.69, 9.17) is 9.26 Å². The van der Waals surface area contributed by atoms with Crippen LogP contribution in [0.15, 0.2) is 64.7 Å². The average Bonchev–Trinajstić information content (AvgIpc) is 3.13. The maximum absolute atomic E-state index is 12.7. The second-order valence-electron chi connectivity index (χ2n) is 8.62. The van der Waals surface area contributed by atoms with Crippen molar-refractivity contribution in [2.45, 2.75) is 33.6 Å². The number of likely N-dealkylation sites (tertiary alicyclic amines) is 1. The Hall–Kier alpha value is -3.54. The van der Waals surface area contributed by atoms with Crippen molar-refractivity contribution >= 4 is 17.9 Å². The highest BCUT2D eigenvalue weighted by molar-refractivity contribution is 5.89. The molecule has 6 nitrogen and oxygen atoms in total. The number of ether oxygens (including phenoxy) is 1. The van der Waals surface area contributed by atoms with E-state index in [2.05, 4.69) is 59.9 Å². The molecule has 172 valence electrons. The Balaban J connectivity index is 1.32. The molecule has 0 bridgehead atoms. The summed E-state index contributed by atoms with van der Waals surface area (Å²) < 4.78 is 11.1. The number of aryl methyl sites for hydroxylation is 1. The molecule has 2 amide bonds. The van der Waals surface area contributed by atoms with Gasteiger partial charge in [-0.3, -0.25) is 5.32 Å². The smallest absolute Gasteiger partial charge is 0.323 e. The number of hydrogen-bond donors (Lipinski definition) is 1. The summed E-state index contributed by atoms with van der Waals surface area (Å²) in [4.78, 5) is 14.5. The molecule has 3 aromatic rings. The molecule has 2 heterocycles. The highest BCUT2D eigenvalue weighted by atomic mass is 16.5. The molecule has 0 radical (unpaired) electrons. The number of nitrogens with one attached hydrogen (secondary N) is 1. The van der Waals surface area contributed by atoms with Gasteiger partial charge in [-0.2, -0.15) is 0 Å². The van der Waals surface area contributed by atoms with Gasteiger partial charge in [0.25, 0.3) is 0 Å². The van der Waals surface area contributed by atoms with Crippen LogP contribution in [0.4, 0.5) is 10.6 Å². The summed E-state index contributed by atoms with van der Waals surface area (Å²) in [7, 11) is 0. The first-order chi connectivity index (χ1) is 16.0. The van der Waals surface area contributed by atoms with Crippen LogP contribution in [0, 0.1) is 19.8 Å². The number of rotatable bonds is 6. The van der Waals surface area contributed by atoms with Gasteiger partial charge in [-0.05, 0) is 49.4 Å². The SMILES string of the molecule is Cc1onc(NC(=O)N2CCC(=Cc3cccc(OCCc4ccccc4)c3)C(C)C2)c1C. The van der Waals surface area contributed by atoms with E-state index >= 15 is 0 Å². The summed E-state index contributed by atoms with van der Waals surface area (Å²) >= 11 is 0. The van der Waals surface area contributed by atoms with Crippen molar-refractivity contribution in [2.24, 2.45) is 5.92 Å². The van der Waals surface area contributed by atoms with Crippen LogP contribution in [0.2, 0.25) is 0 Å². The summed E-state index contributed by atoms with van der Waals surface area (Å²) in [5.74, 6) is 2.36. The van der Waals surface area contributed by atoms with Crippen molar-refractivity contribution in [3.05, 3.63) is 82.6 Å². The van der Waals surface area contributed by atoms with Gasteiger partial charge in [0.05, 0.1) is 6.61 Å². The molecule has 2 aromatic carbocycles. The Kier molecular flexibility index (Phi) is 7.13. The molecule has 1 aliphatic heterocycles. The number of piperidine rings is 1. The van der Waals surface area contributed by atoms with Gasteiger partial charge < -0.3 is 14.2 Å². The maximum Gasteiger partial charge on any atom is 0.323 e. The van der Waals surface area contributed by atoms with E-state index < -0.39 is 0 Å². The monoisotopic (exact) mass is 445 g/mol. The third-order valence-electron chi connectivity index (χ3n) is 6.18. The van der Waals surface area contributed by atoms with Crippen LogP contribution in [0.25, 0.3) is 6.08 Å². The van der Waals surface area contributed by atoms with Crippen LogP contribution < -0.4 is 10.1 Å². The fourth-order valence-electron chi connectivity index (χ4n) is 4.00. The number of aromatic nitrogens is 1. The molecule has 1 unspecified atom stereocenters. The predicted molar refractivity (Wildman–Crippen MR) is 130 cm³/mol. The first-order valence-corrected chi connectivity index (χ1v) is 11.5. The van der Waals surface area contributed by atoms with Crippen LogP contribution in [0.5, 0.6) is 5.75 Å². The quantitative estimate of drug-likeness (QED) is 0.515. The van der Waals surface area contributed by atoms with Crippen LogP contribution in [-0.4, -0.2) is 35.8 Å². The van der Waals surface area contributed by atoms with Gasteiger partial charge in [-0.25, -0.2) is 4.79 Å².